The summed E-state index contributed by atoms with van der Waals surface area (Å²) in [6, 6.07) is 3.91. The Morgan fingerprint density at radius 1 is 1.65 bits per heavy atom. The van der Waals surface area contributed by atoms with Crippen molar-refractivity contribution in [2.24, 2.45) is 0 Å². The number of nitrogens with one attached hydrogen (secondary N) is 1. The third kappa shape index (κ3) is 3.09. The number of piperidine rings is 1. The predicted molar refractivity (Wildman–Crippen MR) is 65.9 cm³/mol. The first-order valence-corrected chi connectivity index (χ1v) is 6.37. The van der Waals surface area contributed by atoms with Crippen LogP contribution in [0.2, 0.25) is 0 Å². The molecule has 1 saturated heterocycles. The summed E-state index contributed by atoms with van der Waals surface area (Å²) in [5.74, 6) is 0.458. The Morgan fingerprint density at radius 2 is 2.53 bits per heavy atom. The molecule has 0 spiro atoms. The number of hydrogen-bond acceptors (Lipinski definition) is 3. The number of hydrogen-bond donors (Lipinski definition) is 1. The van der Waals surface area contributed by atoms with Crippen molar-refractivity contribution in [3.05, 3.63) is 24.2 Å². The average molecular weight is 236 g/mol. The second kappa shape index (κ2) is 5.87. The average Bonchev–Trinajstić information content (AvgIpc) is 2.89. The number of likely N-dealkylation sites (tertiary alicyclic amines) is 1. The molecule has 1 aromatic rings. The van der Waals surface area contributed by atoms with Gasteiger partial charge in [0.25, 0.3) is 5.91 Å². The zero-order valence-corrected chi connectivity index (χ0v) is 10.3. The van der Waals surface area contributed by atoms with Gasteiger partial charge in [0.05, 0.1) is 6.26 Å². The Kier molecular flexibility index (Phi) is 4.20. The molecule has 1 aliphatic rings. The topological polar surface area (TPSA) is 45.5 Å². The van der Waals surface area contributed by atoms with Crippen molar-refractivity contribution < 1.29 is 9.21 Å². The van der Waals surface area contributed by atoms with Gasteiger partial charge in [-0.3, -0.25) is 4.79 Å². The quantitative estimate of drug-likeness (QED) is 0.868. The van der Waals surface area contributed by atoms with Crippen molar-refractivity contribution >= 4 is 5.91 Å². The van der Waals surface area contributed by atoms with E-state index in [2.05, 4.69) is 12.2 Å². The van der Waals surface area contributed by atoms with Crippen LogP contribution in [0.5, 0.6) is 0 Å². The highest BCUT2D eigenvalue weighted by molar-refractivity contribution is 5.91. The van der Waals surface area contributed by atoms with E-state index in [9.17, 15) is 4.79 Å². The zero-order chi connectivity index (χ0) is 12.1. The van der Waals surface area contributed by atoms with E-state index in [-0.39, 0.29) is 5.91 Å². The minimum atomic E-state index is 0.0120. The maximum Gasteiger partial charge on any atom is 0.289 e. The van der Waals surface area contributed by atoms with Gasteiger partial charge in [-0.15, -0.1) is 0 Å². The summed E-state index contributed by atoms with van der Waals surface area (Å²) < 4.78 is 5.15. The van der Waals surface area contributed by atoms with Crippen molar-refractivity contribution in [2.75, 3.05) is 19.6 Å². The first-order valence-electron chi connectivity index (χ1n) is 6.37. The third-order valence-corrected chi connectivity index (χ3v) is 3.12. The van der Waals surface area contributed by atoms with Crippen molar-refractivity contribution in [2.45, 2.75) is 32.2 Å². The van der Waals surface area contributed by atoms with Crippen molar-refractivity contribution in [1.29, 1.82) is 0 Å². The summed E-state index contributed by atoms with van der Waals surface area (Å²) in [5.41, 5.74) is 0. The molecular formula is C13H20N2O2. The SMILES string of the molecule is CCCNC1CCCN(C(=O)c2ccco2)C1. The van der Waals surface area contributed by atoms with Gasteiger partial charge in [0.15, 0.2) is 5.76 Å². The lowest BCUT2D eigenvalue weighted by atomic mass is 10.1. The van der Waals surface area contributed by atoms with Crippen LogP contribution in [0.25, 0.3) is 0 Å². The zero-order valence-electron chi connectivity index (χ0n) is 10.3. The van der Waals surface area contributed by atoms with E-state index >= 15 is 0 Å². The molecule has 1 fully saturated rings. The molecule has 2 heterocycles. The fourth-order valence-corrected chi connectivity index (χ4v) is 2.23. The molecule has 2 rings (SSSR count). The van der Waals surface area contributed by atoms with E-state index in [1.54, 1.807) is 18.4 Å². The minimum absolute atomic E-state index is 0.0120. The molecule has 0 saturated carbocycles. The summed E-state index contributed by atoms with van der Waals surface area (Å²) in [6.07, 6.45) is 4.89. The van der Waals surface area contributed by atoms with Crippen LogP contribution in [-0.2, 0) is 0 Å². The van der Waals surface area contributed by atoms with Gasteiger partial charge in [0.1, 0.15) is 0 Å². The molecule has 17 heavy (non-hydrogen) atoms. The second-order valence-corrected chi connectivity index (χ2v) is 4.52. The maximum atomic E-state index is 12.1. The maximum absolute atomic E-state index is 12.1. The molecule has 1 N–H and O–H groups in total. The van der Waals surface area contributed by atoms with Crippen LogP contribution in [0, 0.1) is 0 Å². The van der Waals surface area contributed by atoms with Gasteiger partial charge in [-0.1, -0.05) is 6.92 Å². The van der Waals surface area contributed by atoms with Crippen LogP contribution in [0.15, 0.2) is 22.8 Å². The molecule has 1 aromatic heterocycles. The molecule has 4 heteroatoms. The number of amides is 1. The largest absolute Gasteiger partial charge is 0.459 e. The van der Waals surface area contributed by atoms with Crippen LogP contribution >= 0.6 is 0 Å². The fraction of sp³-hybridized carbons (Fsp3) is 0.615. The standard InChI is InChI=1S/C13H20N2O2/c1-2-7-14-11-5-3-8-15(10-11)13(16)12-6-4-9-17-12/h4,6,9,11,14H,2-3,5,7-8,10H2,1H3. The normalized spacial score (nSPS) is 20.5. The smallest absolute Gasteiger partial charge is 0.289 e. The molecule has 94 valence electrons. The van der Waals surface area contributed by atoms with Crippen LogP contribution in [0.4, 0.5) is 0 Å². The van der Waals surface area contributed by atoms with Gasteiger partial charge in [0, 0.05) is 19.1 Å². The summed E-state index contributed by atoms with van der Waals surface area (Å²) in [5, 5.41) is 3.48. The molecular weight excluding hydrogens is 216 g/mol. The van der Waals surface area contributed by atoms with Gasteiger partial charge in [-0.2, -0.15) is 0 Å². The number of nitrogens with zero attached hydrogens (tertiary/aromatic N) is 1. The van der Waals surface area contributed by atoms with Gasteiger partial charge >= 0.3 is 0 Å². The lowest BCUT2D eigenvalue weighted by Crippen LogP contribution is -2.48. The van der Waals surface area contributed by atoms with Crippen LogP contribution in [-0.4, -0.2) is 36.5 Å². The van der Waals surface area contributed by atoms with Crippen LogP contribution < -0.4 is 5.32 Å². The number of carbonyl (C=O) groups is 1. The Labute approximate surface area is 102 Å². The lowest BCUT2D eigenvalue weighted by Gasteiger charge is -2.32. The monoisotopic (exact) mass is 236 g/mol. The lowest BCUT2D eigenvalue weighted by molar-refractivity contribution is 0.0663. The van der Waals surface area contributed by atoms with E-state index in [0.717, 1.165) is 38.9 Å². The number of rotatable bonds is 4. The van der Waals surface area contributed by atoms with E-state index in [1.807, 2.05) is 4.90 Å². The number of furan rings is 1. The highest BCUT2D eigenvalue weighted by atomic mass is 16.3. The second-order valence-electron chi connectivity index (χ2n) is 4.52. The molecule has 0 aromatic carbocycles. The Morgan fingerprint density at radius 3 is 3.24 bits per heavy atom. The summed E-state index contributed by atoms with van der Waals surface area (Å²) in [6.45, 7) is 4.80. The first-order chi connectivity index (χ1) is 8.31. The van der Waals surface area contributed by atoms with Crippen molar-refractivity contribution in [3.8, 4) is 0 Å². The Hall–Kier alpha value is -1.29. The predicted octanol–water partition coefficient (Wildman–Crippen LogP) is 1.88. The van der Waals surface area contributed by atoms with E-state index < -0.39 is 0 Å². The molecule has 0 aliphatic carbocycles. The van der Waals surface area contributed by atoms with E-state index in [0.29, 0.717) is 11.8 Å². The van der Waals surface area contributed by atoms with Crippen molar-refractivity contribution in [3.63, 3.8) is 0 Å². The highest BCUT2D eigenvalue weighted by Crippen LogP contribution is 2.14. The summed E-state index contributed by atoms with van der Waals surface area (Å²) >= 11 is 0. The first kappa shape index (κ1) is 12.2. The fourth-order valence-electron chi connectivity index (χ4n) is 2.23. The highest BCUT2D eigenvalue weighted by Gasteiger charge is 2.25. The molecule has 1 atom stereocenters. The molecule has 1 aliphatic heterocycles. The van der Waals surface area contributed by atoms with Gasteiger partial charge in [-0.25, -0.2) is 0 Å². The molecule has 1 unspecified atom stereocenters. The molecule has 1 amide bonds. The molecule has 0 bridgehead atoms. The third-order valence-electron chi connectivity index (χ3n) is 3.12. The van der Waals surface area contributed by atoms with Crippen LogP contribution in [0.1, 0.15) is 36.7 Å². The van der Waals surface area contributed by atoms with Crippen LogP contribution in [0.3, 0.4) is 0 Å². The van der Waals surface area contributed by atoms with E-state index in [1.165, 1.54) is 0 Å². The van der Waals surface area contributed by atoms with E-state index in [4.69, 9.17) is 4.42 Å². The van der Waals surface area contributed by atoms with Gasteiger partial charge in [0.2, 0.25) is 0 Å². The summed E-state index contributed by atoms with van der Waals surface area (Å²) in [4.78, 5) is 14.0. The van der Waals surface area contributed by atoms with Crippen molar-refractivity contribution in [1.82, 2.24) is 10.2 Å². The van der Waals surface area contributed by atoms with Gasteiger partial charge < -0.3 is 14.6 Å². The van der Waals surface area contributed by atoms with Gasteiger partial charge in [-0.05, 0) is 37.9 Å². The molecule has 0 radical (unpaired) electrons. The Balaban J connectivity index is 1.90. The summed E-state index contributed by atoms with van der Waals surface area (Å²) in [7, 11) is 0. The molecule has 4 nitrogen and oxygen atoms in total. The Bertz CT molecular complexity index is 348. The number of carbonyl (C=O) groups excluding carboxylic acids is 1. The minimum Gasteiger partial charge on any atom is -0.459 e.